The predicted octanol–water partition coefficient (Wildman–Crippen LogP) is 18.5. The zero-order chi connectivity index (χ0) is 63.9. The van der Waals surface area contributed by atoms with Gasteiger partial charge in [-0.1, -0.05) is 274 Å². The highest BCUT2D eigenvalue weighted by atomic mass is 31.2. The molecule has 0 aromatic carbocycles. The first kappa shape index (κ1) is 84.1. The number of rotatable bonds is 64. The molecule has 0 aliphatic heterocycles. The van der Waals surface area contributed by atoms with Crippen molar-refractivity contribution in [1.82, 2.24) is 0 Å². The maximum Gasteiger partial charge on any atom is 0.472 e. The van der Waals surface area contributed by atoms with Gasteiger partial charge in [-0.05, 0) is 49.4 Å². The molecule has 8 atom stereocenters. The number of carbonyl (C=O) groups is 4. The van der Waals surface area contributed by atoms with Gasteiger partial charge in [0.15, 0.2) is 12.2 Å². The first-order chi connectivity index (χ1) is 41.2. The Morgan fingerprint density at radius 2 is 0.558 bits per heavy atom. The molecule has 0 spiro atoms. The average Bonchev–Trinajstić information content (AvgIpc) is 3.54. The van der Waals surface area contributed by atoms with E-state index in [4.69, 9.17) is 37.0 Å². The van der Waals surface area contributed by atoms with Gasteiger partial charge in [0.25, 0.3) is 0 Å². The van der Waals surface area contributed by atoms with Gasteiger partial charge < -0.3 is 33.8 Å². The third-order valence-electron chi connectivity index (χ3n) is 16.4. The van der Waals surface area contributed by atoms with Gasteiger partial charge in [-0.2, -0.15) is 0 Å². The molecule has 510 valence electrons. The number of aliphatic hydroxyl groups is 1. The van der Waals surface area contributed by atoms with E-state index >= 15 is 0 Å². The maximum absolute atomic E-state index is 13.0. The summed E-state index contributed by atoms with van der Waals surface area (Å²) in [5.41, 5.74) is 0. The molecule has 0 amide bonds. The highest BCUT2D eigenvalue weighted by Crippen LogP contribution is 2.45. The topological polar surface area (TPSA) is 237 Å². The summed E-state index contributed by atoms with van der Waals surface area (Å²) in [6.07, 6.45) is 37.5. The molecule has 0 aromatic rings. The van der Waals surface area contributed by atoms with Gasteiger partial charge in [0, 0.05) is 25.7 Å². The normalized spacial score (nSPS) is 15.3. The van der Waals surface area contributed by atoms with Gasteiger partial charge >= 0.3 is 39.5 Å². The molecule has 0 radical (unpaired) electrons. The molecule has 0 heterocycles. The van der Waals surface area contributed by atoms with E-state index in [2.05, 4.69) is 55.4 Å². The number of aliphatic hydroxyl groups excluding tert-OH is 1. The van der Waals surface area contributed by atoms with E-state index in [-0.39, 0.29) is 25.7 Å². The monoisotopic (exact) mass is 1270 g/mol. The SMILES string of the molecule is CCC(C)CCCCCCCCCCC(=O)O[C@H](COC(=O)CCCCCCCCC(C)CC)COP(=O)(O)OC[C@@H](O)COP(=O)(O)OC[C@@H](COC(=O)CCCCCCCCC(C)CC)OC(=O)CCCCCCCCCCCCCC(C)C. The Morgan fingerprint density at radius 3 is 0.826 bits per heavy atom. The second kappa shape index (κ2) is 57.0. The van der Waals surface area contributed by atoms with Crippen molar-refractivity contribution >= 4 is 39.5 Å². The molecule has 0 saturated carbocycles. The van der Waals surface area contributed by atoms with Crippen LogP contribution in [0.2, 0.25) is 0 Å². The van der Waals surface area contributed by atoms with Gasteiger partial charge in [-0.3, -0.25) is 37.3 Å². The lowest BCUT2D eigenvalue weighted by Gasteiger charge is -2.21. The first-order valence-electron chi connectivity index (χ1n) is 34.8. The second-order valence-corrected chi connectivity index (χ2v) is 28.3. The van der Waals surface area contributed by atoms with E-state index in [1.165, 1.54) is 116 Å². The summed E-state index contributed by atoms with van der Waals surface area (Å²) in [5, 5.41) is 10.6. The van der Waals surface area contributed by atoms with Crippen molar-refractivity contribution in [3.8, 4) is 0 Å². The smallest absolute Gasteiger partial charge is 0.462 e. The van der Waals surface area contributed by atoms with Crippen molar-refractivity contribution in [3.05, 3.63) is 0 Å². The standard InChI is InChI=1S/C67H130O17P2/c1-9-58(6)44-36-28-20-17-18-22-34-42-50-67(72)84-63(54-78-65(70)48-40-32-26-24-30-38-46-60(8)11-3)56-82-86(75,76)80-52-61(68)51-79-85(73,74)81-55-62(53-77-64(69)47-39-31-25-23-29-37-45-59(7)10-2)83-66(71)49-41-33-21-16-14-12-13-15-19-27-35-43-57(4)5/h57-63,68H,9-56H2,1-8H3,(H,73,74)(H,75,76)/t58?,59?,60?,61-,62+,63+/m0/s1. The van der Waals surface area contributed by atoms with Crippen molar-refractivity contribution in [3.63, 3.8) is 0 Å². The second-order valence-electron chi connectivity index (χ2n) is 25.4. The molecule has 19 heteroatoms. The van der Waals surface area contributed by atoms with E-state index in [1.54, 1.807) is 0 Å². The number of unbranched alkanes of at least 4 members (excludes halogenated alkanes) is 27. The molecule has 0 aliphatic carbocycles. The predicted molar refractivity (Wildman–Crippen MR) is 344 cm³/mol. The van der Waals surface area contributed by atoms with Crippen molar-refractivity contribution in [2.45, 2.75) is 343 Å². The third-order valence-corrected chi connectivity index (χ3v) is 18.3. The summed E-state index contributed by atoms with van der Waals surface area (Å²) in [6.45, 7) is 14.0. The number of carbonyl (C=O) groups excluding carboxylic acids is 4. The minimum Gasteiger partial charge on any atom is -0.462 e. The fraction of sp³-hybridized carbons (Fsp3) is 0.940. The van der Waals surface area contributed by atoms with E-state index in [1.807, 2.05) is 0 Å². The largest absolute Gasteiger partial charge is 0.472 e. The van der Waals surface area contributed by atoms with Gasteiger partial charge in [0.2, 0.25) is 0 Å². The fourth-order valence-corrected chi connectivity index (χ4v) is 11.4. The molecule has 0 saturated heterocycles. The quantitative estimate of drug-likeness (QED) is 0.0222. The molecule has 0 aliphatic rings. The van der Waals surface area contributed by atoms with Crippen LogP contribution in [0.25, 0.3) is 0 Å². The van der Waals surface area contributed by atoms with E-state index in [0.29, 0.717) is 25.7 Å². The Bertz CT molecular complexity index is 1720. The van der Waals surface area contributed by atoms with Gasteiger partial charge in [0.05, 0.1) is 26.4 Å². The van der Waals surface area contributed by atoms with Crippen LogP contribution in [-0.2, 0) is 65.4 Å². The summed E-state index contributed by atoms with van der Waals surface area (Å²) in [6, 6.07) is 0. The Morgan fingerprint density at radius 1 is 0.326 bits per heavy atom. The van der Waals surface area contributed by atoms with E-state index in [9.17, 15) is 43.2 Å². The van der Waals surface area contributed by atoms with Crippen molar-refractivity contribution in [1.29, 1.82) is 0 Å². The van der Waals surface area contributed by atoms with Crippen LogP contribution in [0, 0.1) is 23.7 Å². The van der Waals surface area contributed by atoms with E-state index < -0.39 is 97.5 Å². The third kappa shape index (κ3) is 57.2. The Labute approximate surface area is 524 Å². The molecule has 0 fully saturated rings. The van der Waals surface area contributed by atoms with Gasteiger partial charge in [-0.15, -0.1) is 0 Å². The minimum absolute atomic E-state index is 0.103. The highest BCUT2D eigenvalue weighted by Gasteiger charge is 2.30. The van der Waals surface area contributed by atoms with Crippen LogP contribution in [0.4, 0.5) is 0 Å². The molecule has 0 rings (SSSR count). The summed E-state index contributed by atoms with van der Waals surface area (Å²) in [5.74, 6) is 0.860. The van der Waals surface area contributed by atoms with E-state index in [0.717, 1.165) is 126 Å². The highest BCUT2D eigenvalue weighted by molar-refractivity contribution is 7.47. The molecule has 5 unspecified atom stereocenters. The number of phosphoric acid groups is 2. The number of phosphoric ester groups is 2. The zero-order valence-corrected chi connectivity index (χ0v) is 57.7. The minimum atomic E-state index is -4.95. The number of esters is 4. The molecule has 0 bridgehead atoms. The van der Waals surface area contributed by atoms with Crippen LogP contribution in [0.1, 0.15) is 325 Å². The Hall–Kier alpha value is -1.94. The van der Waals surface area contributed by atoms with Crippen molar-refractivity contribution in [2.24, 2.45) is 23.7 Å². The fourth-order valence-electron chi connectivity index (χ4n) is 9.86. The summed E-state index contributed by atoms with van der Waals surface area (Å²) in [7, 11) is -9.90. The van der Waals surface area contributed by atoms with Crippen molar-refractivity contribution in [2.75, 3.05) is 39.6 Å². The summed E-state index contributed by atoms with van der Waals surface area (Å²) in [4.78, 5) is 72.4. The Kier molecular flexibility index (Phi) is 55.7. The molecule has 0 aromatic heterocycles. The van der Waals surface area contributed by atoms with Crippen molar-refractivity contribution < 1.29 is 80.2 Å². The van der Waals surface area contributed by atoms with Crippen LogP contribution in [-0.4, -0.2) is 96.7 Å². The van der Waals surface area contributed by atoms with Crippen LogP contribution in [0.15, 0.2) is 0 Å². The number of hydrogen-bond acceptors (Lipinski definition) is 15. The van der Waals surface area contributed by atoms with Gasteiger partial charge in [-0.25, -0.2) is 9.13 Å². The molecule has 3 N–H and O–H groups in total. The summed E-state index contributed by atoms with van der Waals surface area (Å²) < 4.78 is 68.1. The average molecular weight is 1270 g/mol. The van der Waals surface area contributed by atoms with Crippen LogP contribution >= 0.6 is 15.6 Å². The number of ether oxygens (including phenoxy) is 4. The van der Waals surface area contributed by atoms with Crippen LogP contribution in [0.5, 0.6) is 0 Å². The van der Waals surface area contributed by atoms with Crippen LogP contribution < -0.4 is 0 Å². The first-order valence-corrected chi connectivity index (χ1v) is 37.8. The molecule has 17 nitrogen and oxygen atoms in total. The lowest BCUT2D eigenvalue weighted by atomic mass is 9.99. The maximum atomic E-state index is 13.0. The number of hydrogen-bond donors (Lipinski definition) is 3. The Balaban J connectivity index is 5.27. The summed E-state index contributed by atoms with van der Waals surface area (Å²) >= 11 is 0. The molecule has 86 heavy (non-hydrogen) atoms. The zero-order valence-electron chi connectivity index (χ0n) is 55.9. The lowest BCUT2D eigenvalue weighted by molar-refractivity contribution is -0.161. The molecular formula is C67H130O17P2. The lowest BCUT2D eigenvalue weighted by Crippen LogP contribution is -2.30. The molecular weight excluding hydrogens is 1140 g/mol. The van der Waals surface area contributed by atoms with Gasteiger partial charge in [0.1, 0.15) is 19.3 Å². The van der Waals surface area contributed by atoms with Crippen LogP contribution in [0.3, 0.4) is 0 Å².